The van der Waals surface area contributed by atoms with Gasteiger partial charge in [0.05, 0.1) is 18.6 Å². The Morgan fingerprint density at radius 1 is 1.19 bits per heavy atom. The van der Waals surface area contributed by atoms with E-state index in [1.807, 2.05) is 45.1 Å². The molecule has 170 valence electrons. The molecule has 0 aliphatic carbocycles. The van der Waals surface area contributed by atoms with Crippen LogP contribution in [0, 0.1) is 11.8 Å². The molecule has 4 aliphatic heterocycles. The molecule has 4 aliphatic rings. The fraction of sp³-hybridized carbons (Fsp3) is 0.696. The average Bonchev–Trinajstić information content (AvgIpc) is 3.10. The molecule has 2 fully saturated rings. The van der Waals surface area contributed by atoms with Crippen molar-refractivity contribution >= 4 is 17.8 Å². The Morgan fingerprint density at radius 2 is 1.97 bits per heavy atom. The van der Waals surface area contributed by atoms with Gasteiger partial charge in [-0.3, -0.25) is 14.4 Å². The number of fused-ring (bicyclic) bond motifs is 2. The van der Waals surface area contributed by atoms with Gasteiger partial charge in [-0.25, -0.2) is 0 Å². The molecule has 1 spiro atoms. The second-order valence-electron chi connectivity index (χ2n) is 9.71. The van der Waals surface area contributed by atoms with Gasteiger partial charge in [0, 0.05) is 25.2 Å². The quantitative estimate of drug-likeness (QED) is 0.529. The number of rotatable bonds is 3. The standard InChI is InChI=1S/C23H32N2O6/c1-22(2,3)25-12-7-10-23-17(19(27)24(11-8-13-26)18(23)20(25)28)16-15(31-23)9-5-4-6-14-30-21(16)29/h5,7,9-10,15-18,26H,4,6,8,11-14H2,1-3H3/b9-5-/t15-,16+,17-,18?,23-/m0/s1. The lowest BCUT2D eigenvalue weighted by Crippen LogP contribution is -2.58. The predicted octanol–water partition coefficient (Wildman–Crippen LogP) is 1.04. The van der Waals surface area contributed by atoms with E-state index in [2.05, 4.69) is 0 Å². The number of aliphatic hydroxyl groups excluding tert-OH is 1. The second-order valence-corrected chi connectivity index (χ2v) is 9.71. The number of likely N-dealkylation sites (tertiary alicyclic amines) is 1. The van der Waals surface area contributed by atoms with Crippen molar-refractivity contribution in [3.63, 3.8) is 0 Å². The molecule has 1 N–H and O–H groups in total. The summed E-state index contributed by atoms with van der Waals surface area (Å²) in [6.45, 7) is 6.68. The molecule has 1 unspecified atom stereocenters. The highest BCUT2D eigenvalue weighted by atomic mass is 16.6. The van der Waals surface area contributed by atoms with Crippen LogP contribution in [0.1, 0.15) is 40.0 Å². The van der Waals surface area contributed by atoms with Crippen LogP contribution in [0.3, 0.4) is 0 Å². The molecule has 0 saturated carbocycles. The Balaban J connectivity index is 1.82. The molecular weight excluding hydrogens is 400 g/mol. The van der Waals surface area contributed by atoms with Crippen LogP contribution in [0.4, 0.5) is 0 Å². The maximum Gasteiger partial charge on any atom is 0.312 e. The van der Waals surface area contributed by atoms with Gasteiger partial charge in [0.15, 0.2) is 0 Å². The largest absolute Gasteiger partial charge is 0.465 e. The molecule has 8 nitrogen and oxygen atoms in total. The van der Waals surface area contributed by atoms with Gasteiger partial charge in [0.2, 0.25) is 11.8 Å². The zero-order valence-electron chi connectivity index (χ0n) is 18.5. The molecule has 0 radical (unpaired) electrons. The third-order valence-corrected chi connectivity index (χ3v) is 6.72. The number of carbonyl (C=O) groups excluding carboxylic acids is 3. The first-order chi connectivity index (χ1) is 14.7. The summed E-state index contributed by atoms with van der Waals surface area (Å²) in [4.78, 5) is 43.8. The highest BCUT2D eigenvalue weighted by molar-refractivity contribution is 5.99. The van der Waals surface area contributed by atoms with Gasteiger partial charge in [0.1, 0.15) is 17.6 Å². The Kier molecular flexibility index (Phi) is 5.72. The van der Waals surface area contributed by atoms with E-state index in [4.69, 9.17) is 9.47 Å². The van der Waals surface area contributed by atoms with Gasteiger partial charge < -0.3 is 24.4 Å². The second kappa shape index (κ2) is 8.06. The summed E-state index contributed by atoms with van der Waals surface area (Å²) in [6.07, 6.45) is 8.69. The highest BCUT2D eigenvalue weighted by Gasteiger charge is 2.71. The van der Waals surface area contributed by atoms with Crippen molar-refractivity contribution in [2.24, 2.45) is 11.8 Å². The minimum absolute atomic E-state index is 0.0983. The van der Waals surface area contributed by atoms with Gasteiger partial charge >= 0.3 is 5.97 Å². The third kappa shape index (κ3) is 3.49. The molecule has 4 rings (SSSR count). The molecule has 31 heavy (non-hydrogen) atoms. The van der Waals surface area contributed by atoms with Crippen LogP contribution < -0.4 is 0 Å². The van der Waals surface area contributed by atoms with E-state index in [9.17, 15) is 19.5 Å². The molecule has 8 heteroatoms. The van der Waals surface area contributed by atoms with Gasteiger partial charge in [-0.05, 0) is 40.0 Å². The Hall–Kier alpha value is -2.19. The Bertz CT molecular complexity index is 815. The van der Waals surface area contributed by atoms with Crippen LogP contribution in [0.25, 0.3) is 0 Å². The SMILES string of the molecule is CC(C)(C)N1CC=C[C@]23O[C@H]4/C=C\CCCOC(=O)[C@H]4[C@H]2C(=O)N(CCCO)C3C1=O. The van der Waals surface area contributed by atoms with Crippen molar-refractivity contribution in [2.45, 2.75) is 63.3 Å². The average molecular weight is 433 g/mol. The van der Waals surface area contributed by atoms with Gasteiger partial charge in [-0.2, -0.15) is 0 Å². The number of nitrogens with zero attached hydrogens (tertiary/aromatic N) is 2. The van der Waals surface area contributed by atoms with Crippen LogP contribution in [0.2, 0.25) is 0 Å². The molecule has 2 amide bonds. The van der Waals surface area contributed by atoms with E-state index >= 15 is 0 Å². The van der Waals surface area contributed by atoms with Crippen molar-refractivity contribution in [1.29, 1.82) is 0 Å². The summed E-state index contributed by atoms with van der Waals surface area (Å²) in [5.41, 5.74) is -1.69. The van der Waals surface area contributed by atoms with Gasteiger partial charge in [0.25, 0.3) is 0 Å². The van der Waals surface area contributed by atoms with Crippen LogP contribution in [-0.4, -0.2) is 82.3 Å². The van der Waals surface area contributed by atoms with Gasteiger partial charge in [-0.1, -0.05) is 24.3 Å². The first-order valence-electron chi connectivity index (χ1n) is 11.1. The number of amides is 2. The lowest BCUT2D eigenvalue weighted by atomic mass is 9.78. The molecule has 0 bridgehead atoms. The van der Waals surface area contributed by atoms with Crippen LogP contribution in [0.5, 0.6) is 0 Å². The summed E-state index contributed by atoms with van der Waals surface area (Å²) in [7, 11) is 0. The monoisotopic (exact) mass is 432 g/mol. The highest BCUT2D eigenvalue weighted by Crippen LogP contribution is 2.53. The topological polar surface area (TPSA) is 96.4 Å². The minimum atomic E-state index is -1.23. The maximum absolute atomic E-state index is 13.8. The normalized spacial score (nSPS) is 36.7. The number of carbonyl (C=O) groups is 3. The number of hydrogen-bond donors (Lipinski definition) is 1. The number of ether oxygens (including phenoxy) is 2. The smallest absolute Gasteiger partial charge is 0.312 e. The van der Waals surface area contributed by atoms with E-state index in [1.165, 1.54) is 4.90 Å². The molecule has 0 aromatic carbocycles. The number of esters is 1. The maximum atomic E-state index is 13.8. The molecule has 0 aromatic heterocycles. The van der Waals surface area contributed by atoms with Crippen LogP contribution >= 0.6 is 0 Å². The number of allylic oxidation sites excluding steroid dienone is 1. The van der Waals surface area contributed by atoms with Crippen molar-refractivity contribution < 1.29 is 29.0 Å². The zero-order chi connectivity index (χ0) is 22.4. The van der Waals surface area contributed by atoms with E-state index < -0.39 is 41.1 Å². The van der Waals surface area contributed by atoms with Crippen LogP contribution in [-0.2, 0) is 23.9 Å². The molecule has 2 saturated heterocycles. The predicted molar refractivity (Wildman–Crippen MR) is 112 cm³/mol. The number of aliphatic hydroxyl groups is 1. The van der Waals surface area contributed by atoms with E-state index in [0.29, 0.717) is 19.6 Å². The van der Waals surface area contributed by atoms with Crippen molar-refractivity contribution in [3.05, 3.63) is 24.3 Å². The molecule has 4 heterocycles. The summed E-state index contributed by atoms with van der Waals surface area (Å²) in [6, 6.07) is -0.883. The van der Waals surface area contributed by atoms with Crippen LogP contribution in [0.15, 0.2) is 24.3 Å². The van der Waals surface area contributed by atoms with Crippen molar-refractivity contribution in [3.8, 4) is 0 Å². The summed E-state index contributed by atoms with van der Waals surface area (Å²) in [5.74, 6) is -2.58. The lowest BCUT2D eigenvalue weighted by Gasteiger charge is -2.40. The van der Waals surface area contributed by atoms with E-state index in [-0.39, 0.29) is 25.0 Å². The van der Waals surface area contributed by atoms with Gasteiger partial charge in [-0.15, -0.1) is 0 Å². The first-order valence-corrected chi connectivity index (χ1v) is 11.1. The zero-order valence-corrected chi connectivity index (χ0v) is 18.5. The van der Waals surface area contributed by atoms with E-state index in [1.54, 1.807) is 4.90 Å². The first kappa shape index (κ1) is 22.0. The fourth-order valence-electron chi connectivity index (χ4n) is 5.34. The molecule has 0 aromatic rings. The Labute approximate surface area is 182 Å². The van der Waals surface area contributed by atoms with Crippen molar-refractivity contribution in [1.82, 2.24) is 9.80 Å². The summed E-state index contributed by atoms with van der Waals surface area (Å²) >= 11 is 0. The summed E-state index contributed by atoms with van der Waals surface area (Å²) in [5, 5.41) is 9.38. The minimum Gasteiger partial charge on any atom is -0.465 e. The number of cyclic esters (lactones) is 1. The molecule has 5 atom stereocenters. The lowest BCUT2D eigenvalue weighted by molar-refractivity contribution is -0.155. The van der Waals surface area contributed by atoms with E-state index in [0.717, 1.165) is 12.8 Å². The fourth-order valence-corrected chi connectivity index (χ4v) is 5.34. The number of hydrogen-bond acceptors (Lipinski definition) is 6. The third-order valence-electron chi connectivity index (χ3n) is 6.72. The Morgan fingerprint density at radius 3 is 2.68 bits per heavy atom. The summed E-state index contributed by atoms with van der Waals surface area (Å²) < 4.78 is 12.0. The molecular formula is C23H32N2O6. The van der Waals surface area contributed by atoms with Crippen molar-refractivity contribution in [2.75, 3.05) is 26.3 Å².